The number of nitrogens with one attached hydrogen (secondary N) is 1. The molecule has 0 amide bonds. The summed E-state index contributed by atoms with van der Waals surface area (Å²) in [5, 5.41) is 3.45. The first kappa shape index (κ1) is 13.7. The van der Waals surface area contributed by atoms with Crippen LogP contribution in [0, 0.1) is 5.92 Å². The smallest absolute Gasteiger partial charge is 0.174 e. The molecule has 0 radical (unpaired) electrons. The van der Waals surface area contributed by atoms with Gasteiger partial charge >= 0.3 is 0 Å². The third-order valence-corrected chi connectivity index (χ3v) is 4.01. The summed E-state index contributed by atoms with van der Waals surface area (Å²) >= 11 is 3.54. The Morgan fingerprint density at radius 3 is 2.78 bits per heavy atom. The van der Waals surface area contributed by atoms with Gasteiger partial charge in [0.1, 0.15) is 0 Å². The van der Waals surface area contributed by atoms with Crippen LogP contribution in [0.1, 0.15) is 18.4 Å². The van der Waals surface area contributed by atoms with E-state index in [0.717, 1.165) is 41.4 Å². The van der Waals surface area contributed by atoms with Crippen LogP contribution in [0.25, 0.3) is 0 Å². The Hall–Kier alpha value is -0.740. The summed E-state index contributed by atoms with van der Waals surface area (Å²) in [6.45, 7) is 2.28. The van der Waals surface area contributed by atoms with Crippen LogP contribution < -0.4 is 14.8 Å². The van der Waals surface area contributed by atoms with E-state index in [9.17, 15) is 0 Å². The summed E-state index contributed by atoms with van der Waals surface area (Å²) in [5.41, 5.74) is 1.30. The van der Waals surface area contributed by atoms with Gasteiger partial charge in [-0.25, -0.2) is 0 Å². The van der Waals surface area contributed by atoms with E-state index in [1.807, 2.05) is 0 Å². The molecule has 0 bridgehead atoms. The van der Waals surface area contributed by atoms with Gasteiger partial charge in [0, 0.05) is 0 Å². The fourth-order valence-electron chi connectivity index (χ4n) is 2.52. The molecule has 1 unspecified atom stereocenters. The number of rotatable bonds is 4. The number of benzene rings is 1. The largest absolute Gasteiger partial charge is 0.493 e. The maximum Gasteiger partial charge on any atom is 0.174 e. The Bertz CT molecular complexity index is 403. The summed E-state index contributed by atoms with van der Waals surface area (Å²) in [4.78, 5) is 0. The Kier molecular flexibility index (Phi) is 4.89. The molecule has 1 atom stereocenters. The van der Waals surface area contributed by atoms with E-state index in [2.05, 4.69) is 33.4 Å². The second kappa shape index (κ2) is 6.43. The van der Waals surface area contributed by atoms with Gasteiger partial charge in [-0.05, 0) is 71.9 Å². The Labute approximate surface area is 117 Å². The van der Waals surface area contributed by atoms with Crippen LogP contribution >= 0.6 is 15.9 Å². The van der Waals surface area contributed by atoms with Gasteiger partial charge in [-0.2, -0.15) is 0 Å². The van der Waals surface area contributed by atoms with E-state index in [0.29, 0.717) is 0 Å². The SMILES string of the molecule is COc1cc(CC2CCCNC2)cc(Br)c1OC. The van der Waals surface area contributed by atoms with E-state index in [-0.39, 0.29) is 0 Å². The summed E-state index contributed by atoms with van der Waals surface area (Å²) < 4.78 is 11.7. The Balaban J connectivity index is 2.15. The minimum absolute atomic E-state index is 0.726. The van der Waals surface area contributed by atoms with Crippen molar-refractivity contribution < 1.29 is 9.47 Å². The first-order valence-electron chi connectivity index (χ1n) is 6.35. The quantitative estimate of drug-likeness (QED) is 0.927. The monoisotopic (exact) mass is 313 g/mol. The average molecular weight is 314 g/mol. The lowest BCUT2D eigenvalue weighted by Crippen LogP contribution is -2.30. The zero-order valence-corrected chi connectivity index (χ0v) is 12.5. The summed E-state index contributed by atoms with van der Waals surface area (Å²) in [6.07, 6.45) is 3.67. The lowest BCUT2D eigenvalue weighted by atomic mass is 9.92. The highest BCUT2D eigenvalue weighted by atomic mass is 79.9. The maximum atomic E-state index is 5.38. The molecular weight excluding hydrogens is 294 g/mol. The van der Waals surface area contributed by atoms with Crippen molar-refractivity contribution in [2.24, 2.45) is 5.92 Å². The molecule has 1 saturated heterocycles. The van der Waals surface area contributed by atoms with E-state index in [1.54, 1.807) is 14.2 Å². The van der Waals surface area contributed by atoms with E-state index >= 15 is 0 Å². The fraction of sp³-hybridized carbons (Fsp3) is 0.571. The summed E-state index contributed by atoms with van der Waals surface area (Å²) in [6, 6.07) is 4.22. The standard InChI is InChI=1S/C14H20BrNO2/c1-17-13-8-11(7-12(15)14(13)18-2)6-10-4-3-5-16-9-10/h7-8,10,16H,3-6,9H2,1-2H3. The van der Waals surface area contributed by atoms with Crippen molar-refractivity contribution >= 4 is 15.9 Å². The van der Waals surface area contributed by atoms with Crippen LogP contribution in [-0.4, -0.2) is 27.3 Å². The topological polar surface area (TPSA) is 30.5 Å². The summed E-state index contributed by atoms with van der Waals surface area (Å²) in [5.74, 6) is 2.29. The normalized spacial score (nSPS) is 19.6. The average Bonchev–Trinajstić information content (AvgIpc) is 2.39. The van der Waals surface area contributed by atoms with Crippen LogP contribution in [0.5, 0.6) is 11.5 Å². The van der Waals surface area contributed by atoms with Crippen LogP contribution in [0.15, 0.2) is 16.6 Å². The molecule has 0 aromatic heterocycles. The molecule has 1 N–H and O–H groups in total. The van der Waals surface area contributed by atoms with E-state index < -0.39 is 0 Å². The van der Waals surface area contributed by atoms with Crippen LogP contribution in [0.4, 0.5) is 0 Å². The van der Waals surface area contributed by atoms with E-state index in [1.165, 1.54) is 18.4 Å². The number of halogens is 1. The molecule has 0 aliphatic carbocycles. The van der Waals surface area contributed by atoms with Crippen molar-refractivity contribution in [1.82, 2.24) is 5.32 Å². The molecule has 1 aromatic rings. The van der Waals surface area contributed by atoms with Crippen molar-refractivity contribution in [3.05, 3.63) is 22.2 Å². The molecule has 1 aromatic carbocycles. The molecule has 18 heavy (non-hydrogen) atoms. The van der Waals surface area contributed by atoms with E-state index in [4.69, 9.17) is 9.47 Å². The third kappa shape index (κ3) is 3.18. The molecule has 1 heterocycles. The predicted molar refractivity (Wildman–Crippen MR) is 76.5 cm³/mol. The summed E-state index contributed by atoms with van der Waals surface area (Å²) in [7, 11) is 3.34. The Morgan fingerprint density at radius 1 is 1.33 bits per heavy atom. The molecule has 3 nitrogen and oxygen atoms in total. The molecule has 1 fully saturated rings. The number of methoxy groups -OCH3 is 2. The molecule has 1 aliphatic rings. The maximum absolute atomic E-state index is 5.38. The molecule has 0 spiro atoms. The zero-order valence-electron chi connectivity index (χ0n) is 11.0. The molecule has 100 valence electrons. The van der Waals surface area contributed by atoms with Crippen molar-refractivity contribution in [1.29, 1.82) is 0 Å². The van der Waals surface area contributed by atoms with Gasteiger partial charge in [0.2, 0.25) is 0 Å². The highest BCUT2D eigenvalue weighted by Crippen LogP contribution is 2.37. The van der Waals surface area contributed by atoms with Gasteiger partial charge < -0.3 is 14.8 Å². The predicted octanol–water partition coefficient (Wildman–Crippen LogP) is 3.01. The second-order valence-electron chi connectivity index (χ2n) is 4.73. The number of piperidine rings is 1. The van der Waals surface area contributed by atoms with Crippen LogP contribution in [-0.2, 0) is 6.42 Å². The van der Waals surface area contributed by atoms with Gasteiger partial charge in [0.25, 0.3) is 0 Å². The van der Waals surface area contributed by atoms with Crippen LogP contribution in [0.3, 0.4) is 0 Å². The molecule has 2 rings (SSSR count). The molecule has 4 heteroatoms. The third-order valence-electron chi connectivity index (χ3n) is 3.42. The minimum Gasteiger partial charge on any atom is -0.493 e. The van der Waals surface area contributed by atoms with Crippen molar-refractivity contribution in [2.45, 2.75) is 19.3 Å². The van der Waals surface area contributed by atoms with Gasteiger partial charge in [-0.15, -0.1) is 0 Å². The van der Waals surface area contributed by atoms with Crippen molar-refractivity contribution in [3.63, 3.8) is 0 Å². The molecular formula is C14H20BrNO2. The highest BCUT2D eigenvalue weighted by Gasteiger charge is 2.16. The first-order valence-corrected chi connectivity index (χ1v) is 7.15. The van der Waals surface area contributed by atoms with Gasteiger partial charge in [-0.3, -0.25) is 0 Å². The number of ether oxygens (including phenoxy) is 2. The first-order chi connectivity index (χ1) is 8.74. The van der Waals surface area contributed by atoms with Crippen molar-refractivity contribution in [3.8, 4) is 11.5 Å². The van der Waals surface area contributed by atoms with Gasteiger partial charge in [-0.1, -0.05) is 0 Å². The number of hydrogen-bond acceptors (Lipinski definition) is 3. The molecule has 0 saturated carbocycles. The Morgan fingerprint density at radius 2 is 2.17 bits per heavy atom. The zero-order chi connectivity index (χ0) is 13.0. The lowest BCUT2D eigenvalue weighted by molar-refractivity contribution is 0.350. The number of hydrogen-bond donors (Lipinski definition) is 1. The minimum atomic E-state index is 0.726. The van der Waals surface area contributed by atoms with Crippen LogP contribution in [0.2, 0.25) is 0 Å². The fourth-order valence-corrected chi connectivity index (χ4v) is 3.17. The second-order valence-corrected chi connectivity index (χ2v) is 5.58. The van der Waals surface area contributed by atoms with Gasteiger partial charge in [0.05, 0.1) is 18.7 Å². The lowest BCUT2D eigenvalue weighted by Gasteiger charge is -2.23. The molecule has 1 aliphatic heterocycles. The van der Waals surface area contributed by atoms with Gasteiger partial charge in [0.15, 0.2) is 11.5 Å². The van der Waals surface area contributed by atoms with Crippen molar-refractivity contribution in [2.75, 3.05) is 27.3 Å². The highest BCUT2D eigenvalue weighted by molar-refractivity contribution is 9.10.